The molecule has 0 spiro atoms. The predicted octanol–water partition coefficient (Wildman–Crippen LogP) is 24.1. The summed E-state index contributed by atoms with van der Waals surface area (Å²) in [5.41, 5.74) is 0. The summed E-state index contributed by atoms with van der Waals surface area (Å²) < 4.78 is 30.7. The van der Waals surface area contributed by atoms with E-state index in [0.29, 0.717) is 12.8 Å². The molecule has 1 fully saturated rings. The Morgan fingerprint density at radius 3 is 0.805 bits per heavy atom. The van der Waals surface area contributed by atoms with Crippen molar-refractivity contribution in [1.29, 1.82) is 0 Å². The Labute approximate surface area is 540 Å². The van der Waals surface area contributed by atoms with Crippen molar-refractivity contribution in [2.45, 2.75) is 439 Å². The first-order valence-corrected chi connectivity index (χ1v) is 38.6. The highest BCUT2D eigenvalue weighted by Gasteiger charge is 2.48. The van der Waals surface area contributed by atoms with E-state index in [2.05, 4.69) is 55.4 Å². The highest BCUT2D eigenvalue weighted by molar-refractivity contribution is 5.71. The Balaban J connectivity index is 2.86. The Morgan fingerprint density at radius 1 is 0.299 bits per heavy atom. The summed E-state index contributed by atoms with van der Waals surface area (Å²) in [4.78, 5) is 54.2. The highest BCUT2D eigenvalue weighted by Crippen LogP contribution is 2.29. The van der Waals surface area contributed by atoms with Crippen molar-refractivity contribution in [1.82, 2.24) is 0 Å². The SMILES string of the molecule is CC(C)CCCCCCCCCCCCCCC(=O)OC[C@@H](OC(=O)CCCCCCCCCCCCCCC(C)C)[C@H]1OC[C@H](OC(=O)CCCCCCCCCCCCCCC(C)C)[C@H]1OC(=O)CCCCCCCCCCCCCCC(C)C. The first kappa shape index (κ1) is 82.9. The van der Waals surface area contributed by atoms with Gasteiger partial charge in [-0.1, -0.05) is 364 Å². The lowest BCUT2D eigenvalue weighted by molar-refractivity contribution is -0.179. The third-order valence-electron chi connectivity index (χ3n) is 18.4. The van der Waals surface area contributed by atoms with Crippen LogP contribution < -0.4 is 0 Å². The van der Waals surface area contributed by atoms with Crippen molar-refractivity contribution in [3.05, 3.63) is 0 Å². The number of hydrogen-bond donors (Lipinski definition) is 0. The maximum absolute atomic E-state index is 13.7. The molecule has 0 aromatic heterocycles. The molecule has 1 heterocycles. The number of hydrogen-bond acceptors (Lipinski definition) is 9. The van der Waals surface area contributed by atoms with Gasteiger partial charge in [0.15, 0.2) is 18.3 Å². The van der Waals surface area contributed by atoms with Gasteiger partial charge in [-0.2, -0.15) is 0 Å². The summed E-state index contributed by atoms with van der Waals surface area (Å²) in [6.45, 7) is 18.3. The summed E-state index contributed by atoms with van der Waals surface area (Å²) in [6, 6.07) is 0. The standard InChI is InChI=1S/C78H148O9/c1-67(2)57-49-41-33-25-17-9-13-21-29-37-45-53-61-73(79)83-65-71(85-74(80)62-54-46-38-30-22-14-10-18-26-34-42-50-58-68(3)4)77-78(87-76(82)64-56-48-40-32-24-16-12-20-28-36-44-52-60-70(7)8)72(66-84-77)86-75(81)63-55-47-39-31-23-15-11-19-27-35-43-51-59-69(5)6/h67-72,77-78H,9-66H2,1-8H3/t71-,72+,77-,78-/m1/s1. The summed E-state index contributed by atoms with van der Waals surface area (Å²) in [6.07, 6.45) is 60.8. The summed E-state index contributed by atoms with van der Waals surface area (Å²) in [7, 11) is 0. The summed E-state index contributed by atoms with van der Waals surface area (Å²) in [5, 5.41) is 0. The summed E-state index contributed by atoms with van der Waals surface area (Å²) >= 11 is 0. The molecule has 1 aliphatic heterocycles. The van der Waals surface area contributed by atoms with Crippen LogP contribution in [0.3, 0.4) is 0 Å². The van der Waals surface area contributed by atoms with E-state index < -0.39 is 24.4 Å². The first-order valence-electron chi connectivity index (χ1n) is 38.6. The average molecular weight is 1230 g/mol. The van der Waals surface area contributed by atoms with Crippen molar-refractivity contribution in [2.75, 3.05) is 13.2 Å². The molecule has 0 saturated carbocycles. The normalized spacial score (nSPS) is 15.6. The van der Waals surface area contributed by atoms with Crippen LogP contribution in [0.5, 0.6) is 0 Å². The summed E-state index contributed by atoms with van der Waals surface area (Å²) in [5.74, 6) is 1.80. The second kappa shape index (κ2) is 61.4. The number of carbonyl (C=O) groups excluding carboxylic acids is 4. The Kier molecular flexibility index (Phi) is 58.4. The number of rotatable bonds is 66. The van der Waals surface area contributed by atoms with E-state index in [1.807, 2.05) is 0 Å². The van der Waals surface area contributed by atoms with Gasteiger partial charge < -0.3 is 23.7 Å². The van der Waals surface area contributed by atoms with Crippen LogP contribution in [0.15, 0.2) is 0 Å². The van der Waals surface area contributed by atoms with Gasteiger partial charge in [0.25, 0.3) is 0 Å². The maximum atomic E-state index is 13.7. The quantitative estimate of drug-likeness (QED) is 0.0334. The Bertz CT molecular complexity index is 1530. The molecule has 4 atom stereocenters. The molecule has 1 saturated heterocycles. The van der Waals surface area contributed by atoms with Crippen LogP contribution in [0.2, 0.25) is 0 Å². The number of ether oxygens (including phenoxy) is 5. The lowest BCUT2D eigenvalue weighted by Gasteiger charge is -2.28. The van der Waals surface area contributed by atoms with Gasteiger partial charge in [0.1, 0.15) is 12.7 Å². The lowest BCUT2D eigenvalue weighted by Crippen LogP contribution is -2.47. The van der Waals surface area contributed by atoms with Gasteiger partial charge in [-0.15, -0.1) is 0 Å². The molecule has 1 aliphatic rings. The van der Waals surface area contributed by atoms with E-state index >= 15 is 0 Å². The van der Waals surface area contributed by atoms with Gasteiger partial charge in [0.2, 0.25) is 0 Å². The topological polar surface area (TPSA) is 114 Å². The van der Waals surface area contributed by atoms with E-state index in [9.17, 15) is 19.2 Å². The molecule has 0 aliphatic carbocycles. The smallest absolute Gasteiger partial charge is 0.306 e. The van der Waals surface area contributed by atoms with Crippen molar-refractivity contribution in [3.63, 3.8) is 0 Å². The van der Waals surface area contributed by atoms with Gasteiger partial charge in [-0.3, -0.25) is 19.2 Å². The van der Waals surface area contributed by atoms with Crippen molar-refractivity contribution in [3.8, 4) is 0 Å². The molecule has 87 heavy (non-hydrogen) atoms. The van der Waals surface area contributed by atoms with Crippen LogP contribution >= 0.6 is 0 Å². The van der Waals surface area contributed by atoms with Gasteiger partial charge >= 0.3 is 23.9 Å². The van der Waals surface area contributed by atoms with Gasteiger partial charge in [-0.25, -0.2) is 0 Å². The zero-order valence-corrected chi connectivity index (χ0v) is 59.3. The largest absolute Gasteiger partial charge is 0.462 e. The van der Waals surface area contributed by atoms with E-state index in [4.69, 9.17) is 23.7 Å². The molecule has 0 aromatic rings. The minimum Gasteiger partial charge on any atom is -0.462 e. The molecule has 0 unspecified atom stereocenters. The van der Waals surface area contributed by atoms with Crippen molar-refractivity contribution in [2.24, 2.45) is 23.7 Å². The molecule has 514 valence electrons. The Hall–Kier alpha value is -2.16. The molecule has 0 N–H and O–H groups in total. The first-order chi connectivity index (χ1) is 42.3. The number of carbonyl (C=O) groups is 4. The van der Waals surface area contributed by atoms with Crippen LogP contribution in [-0.2, 0) is 42.9 Å². The molecule has 9 heteroatoms. The number of esters is 4. The Morgan fingerprint density at radius 2 is 0.529 bits per heavy atom. The minimum atomic E-state index is -1.02. The van der Waals surface area contributed by atoms with Crippen molar-refractivity contribution < 1.29 is 42.9 Å². The second-order valence-corrected chi connectivity index (χ2v) is 29.2. The van der Waals surface area contributed by atoms with Crippen LogP contribution in [0.1, 0.15) is 415 Å². The van der Waals surface area contributed by atoms with E-state index in [-0.39, 0.29) is 62.8 Å². The molecular weight excluding hydrogens is 1080 g/mol. The average Bonchev–Trinajstić information content (AvgIpc) is 2.23. The fourth-order valence-corrected chi connectivity index (χ4v) is 12.6. The third-order valence-corrected chi connectivity index (χ3v) is 18.4. The molecule has 9 nitrogen and oxygen atoms in total. The van der Waals surface area contributed by atoms with Crippen molar-refractivity contribution >= 4 is 23.9 Å². The molecule has 1 rings (SSSR count). The molecule has 0 radical (unpaired) electrons. The van der Waals surface area contributed by atoms with Gasteiger partial charge in [-0.05, 0) is 49.4 Å². The molecular formula is C78H148O9. The highest BCUT2D eigenvalue weighted by atomic mass is 16.7. The van der Waals surface area contributed by atoms with Gasteiger partial charge in [0.05, 0.1) is 6.61 Å². The molecule has 0 bridgehead atoms. The van der Waals surface area contributed by atoms with Crippen LogP contribution in [-0.4, -0.2) is 61.5 Å². The third kappa shape index (κ3) is 56.3. The fraction of sp³-hybridized carbons (Fsp3) is 0.949. The van der Waals surface area contributed by atoms with Crippen LogP contribution in [0.4, 0.5) is 0 Å². The van der Waals surface area contributed by atoms with E-state index in [1.54, 1.807) is 0 Å². The van der Waals surface area contributed by atoms with E-state index in [1.165, 1.54) is 257 Å². The predicted molar refractivity (Wildman–Crippen MR) is 368 cm³/mol. The molecule has 0 amide bonds. The minimum absolute atomic E-state index is 0.00314. The number of unbranched alkanes of at least 4 members (excludes halogenated alkanes) is 44. The maximum Gasteiger partial charge on any atom is 0.306 e. The zero-order valence-electron chi connectivity index (χ0n) is 59.3. The molecule has 0 aromatic carbocycles. The zero-order chi connectivity index (χ0) is 63.5. The van der Waals surface area contributed by atoms with Crippen LogP contribution in [0, 0.1) is 23.7 Å². The van der Waals surface area contributed by atoms with Gasteiger partial charge in [0, 0.05) is 25.7 Å². The monoisotopic (exact) mass is 1230 g/mol. The van der Waals surface area contributed by atoms with Crippen LogP contribution in [0.25, 0.3) is 0 Å². The van der Waals surface area contributed by atoms with E-state index in [0.717, 1.165) is 87.9 Å². The lowest BCUT2D eigenvalue weighted by atomic mass is 10.0. The second-order valence-electron chi connectivity index (χ2n) is 29.2. The fourth-order valence-electron chi connectivity index (χ4n) is 12.6.